The molecule has 0 radical (unpaired) electrons. The zero-order chi connectivity index (χ0) is 26.6. The zero-order valence-corrected chi connectivity index (χ0v) is 25.4. The number of allylic oxidation sites excluding steroid dienone is 1. The van der Waals surface area contributed by atoms with Crippen molar-refractivity contribution in [2.75, 3.05) is 39.3 Å². The molecule has 0 aromatic carbocycles. The first-order valence-electron chi connectivity index (χ1n) is 16.3. The van der Waals surface area contributed by atoms with Crippen molar-refractivity contribution in [2.45, 2.75) is 111 Å². The monoisotopic (exact) mass is 517 g/mol. The van der Waals surface area contributed by atoms with Gasteiger partial charge in [-0.15, -0.1) is 0 Å². The van der Waals surface area contributed by atoms with Gasteiger partial charge in [0.05, 0.1) is 25.8 Å². The Balaban J connectivity index is 1.35. The third-order valence-electron chi connectivity index (χ3n) is 12.0. The van der Waals surface area contributed by atoms with E-state index in [1.54, 1.807) is 5.57 Å². The van der Waals surface area contributed by atoms with E-state index in [2.05, 4.69) is 57.1 Å². The Morgan fingerprint density at radius 3 is 2.41 bits per heavy atom. The summed E-state index contributed by atoms with van der Waals surface area (Å²) in [6.45, 7) is 18.7. The van der Waals surface area contributed by atoms with Crippen molar-refractivity contribution in [1.82, 2.24) is 4.90 Å². The highest BCUT2D eigenvalue weighted by molar-refractivity contribution is 5.25. The molecule has 3 saturated carbocycles. The van der Waals surface area contributed by atoms with Gasteiger partial charge in [-0.3, -0.25) is 4.90 Å². The van der Waals surface area contributed by atoms with Crippen LogP contribution < -0.4 is 11.5 Å². The molecule has 3 fully saturated rings. The van der Waals surface area contributed by atoms with Crippen molar-refractivity contribution < 1.29 is 16.2 Å². The smallest absolute Gasteiger partial charge is 0.0869 e. The maximum atomic E-state index is 6.49. The van der Waals surface area contributed by atoms with Crippen molar-refractivity contribution >= 4 is 0 Å². The van der Waals surface area contributed by atoms with E-state index in [9.17, 15) is 0 Å². The van der Waals surface area contributed by atoms with Crippen LogP contribution in [0.1, 0.15) is 105 Å². The Hall–Kier alpha value is -0.420. The average Bonchev–Trinajstić information content (AvgIpc) is 3.21. The van der Waals surface area contributed by atoms with Gasteiger partial charge in [0.15, 0.2) is 0 Å². The summed E-state index contributed by atoms with van der Waals surface area (Å²) in [5.74, 6) is 5.51. The van der Waals surface area contributed by atoms with Gasteiger partial charge in [0.2, 0.25) is 0 Å². The molecular formula is C33H63N3O+2. The Bertz CT molecular complexity index is 746. The highest BCUT2D eigenvalue weighted by Gasteiger charge is 2.59. The molecule has 4 nitrogen and oxygen atoms in total. The van der Waals surface area contributed by atoms with E-state index in [1.807, 2.05) is 0 Å². The Morgan fingerprint density at radius 2 is 1.70 bits per heavy atom. The molecule has 0 saturated heterocycles. The maximum Gasteiger partial charge on any atom is 0.0869 e. The molecule has 0 aliphatic heterocycles. The Morgan fingerprint density at radius 1 is 0.946 bits per heavy atom. The molecule has 4 aliphatic carbocycles. The molecule has 4 rings (SSSR count). The van der Waals surface area contributed by atoms with Crippen molar-refractivity contribution in [3.05, 3.63) is 11.6 Å². The van der Waals surface area contributed by atoms with Crippen LogP contribution in [0.5, 0.6) is 0 Å². The minimum atomic E-state index is 0.425. The zero-order valence-electron chi connectivity index (χ0n) is 25.4. The van der Waals surface area contributed by atoms with Gasteiger partial charge in [-0.2, -0.15) is 0 Å². The standard InChI is InChI=1S/C33H61N3O/c1-24(2)7-6-8-25(3)29-11-12-30-28-10-9-26-23-27(37-22-21-36(19-17-34)20-18-35)13-15-32(26,4)31(28)14-16-33(29,30)5/h9,24-25,27-31H,6-8,10-23,34-35H2,1-5H3/p+2. The molecule has 0 heterocycles. The summed E-state index contributed by atoms with van der Waals surface area (Å²) in [5.41, 5.74) is 10.9. The van der Waals surface area contributed by atoms with E-state index >= 15 is 0 Å². The second kappa shape index (κ2) is 12.8. The molecule has 8 atom stereocenters. The molecule has 0 spiro atoms. The molecule has 8 unspecified atom stereocenters. The van der Waals surface area contributed by atoms with Crippen LogP contribution in [0, 0.1) is 46.3 Å². The predicted octanol–water partition coefficient (Wildman–Crippen LogP) is 5.20. The topological polar surface area (TPSA) is 67.8 Å². The van der Waals surface area contributed by atoms with Gasteiger partial charge >= 0.3 is 0 Å². The van der Waals surface area contributed by atoms with Crippen LogP contribution in [-0.2, 0) is 4.74 Å². The van der Waals surface area contributed by atoms with Gasteiger partial charge in [-0.25, -0.2) is 0 Å². The molecule has 37 heavy (non-hydrogen) atoms. The largest absolute Gasteiger partial charge is 0.377 e. The second-order valence-corrected chi connectivity index (χ2v) is 14.6. The molecule has 4 heteroatoms. The lowest BCUT2D eigenvalue weighted by molar-refractivity contribution is -0.378. The molecule has 0 bridgehead atoms. The minimum Gasteiger partial charge on any atom is -0.377 e. The van der Waals surface area contributed by atoms with Crippen molar-refractivity contribution in [2.24, 2.45) is 46.3 Å². The van der Waals surface area contributed by atoms with Crippen LogP contribution >= 0.6 is 0 Å². The van der Waals surface area contributed by atoms with E-state index in [1.165, 1.54) is 70.6 Å². The Kier molecular flexibility index (Phi) is 10.3. The number of hydrogen-bond acceptors (Lipinski definition) is 2. The highest BCUT2D eigenvalue weighted by Crippen LogP contribution is 2.67. The lowest BCUT2D eigenvalue weighted by Gasteiger charge is -2.58. The number of quaternary nitrogens is 2. The molecule has 0 aromatic heterocycles. The van der Waals surface area contributed by atoms with Gasteiger partial charge in [0.1, 0.15) is 0 Å². The van der Waals surface area contributed by atoms with Crippen LogP contribution in [0.25, 0.3) is 0 Å². The van der Waals surface area contributed by atoms with Crippen LogP contribution in [-0.4, -0.2) is 50.3 Å². The van der Waals surface area contributed by atoms with Crippen LogP contribution in [0.4, 0.5) is 0 Å². The first kappa shape index (κ1) is 29.6. The van der Waals surface area contributed by atoms with E-state index < -0.39 is 0 Å². The van der Waals surface area contributed by atoms with Gasteiger partial charge in [-0.05, 0) is 97.7 Å². The summed E-state index contributed by atoms with van der Waals surface area (Å²) in [7, 11) is 0. The van der Waals surface area contributed by atoms with Gasteiger partial charge in [0, 0.05) is 19.6 Å². The van der Waals surface area contributed by atoms with Crippen molar-refractivity contribution in [1.29, 1.82) is 0 Å². The van der Waals surface area contributed by atoms with E-state index in [0.717, 1.165) is 74.8 Å². The lowest BCUT2D eigenvalue weighted by Crippen LogP contribution is -2.59. The summed E-state index contributed by atoms with van der Waals surface area (Å²) in [5, 5.41) is 0. The number of ether oxygens (including phenoxy) is 1. The minimum absolute atomic E-state index is 0.425. The fourth-order valence-electron chi connectivity index (χ4n) is 9.93. The molecule has 214 valence electrons. The number of nitrogens with zero attached hydrogens (tertiary/aromatic N) is 1. The number of rotatable bonds is 13. The van der Waals surface area contributed by atoms with Crippen LogP contribution in [0.3, 0.4) is 0 Å². The van der Waals surface area contributed by atoms with E-state index in [0.29, 0.717) is 16.9 Å². The van der Waals surface area contributed by atoms with E-state index in [4.69, 9.17) is 4.74 Å². The normalized spacial score (nSPS) is 38.3. The summed E-state index contributed by atoms with van der Waals surface area (Å²) in [6, 6.07) is 0. The van der Waals surface area contributed by atoms with Crippen molar-refractivity contribution in [3.8, 4) is 0 Å². The second-order valence-electron chi connectivity index (χ2n) is 14.6. The number of fused-ring (bicyclic) bond motifs is 5. The van der Waals surface area contributed by atoms with Crippen LogP contribution in [0.2, 0.25) is 0 Å². The summed E-state index contributed by atoms with van der Waals surface area (Å²) < 4.78 is 6.49. The highest BCUT2D eigenvalue weighted by atomic mass is 16.5. The fraction of sp³-hybridized carbons (Fsp3) is 0.939. The van der Waals surface area contributed by atoms with Gasteiger partial charge in [0.25, 0.3) is 0 Å². The molecular weight excluding hydrogens is 454 g/mol. The maximum absolute atomic E-state index is 6.49. The molecule has 0 aromatic rings. The predicted molar refractivity (Wildman–Crippen MR) is 155 cm³/mol. The molecule has 0 amide bonds. The lowest BCUT2D eigenvalue weighted by atomic mass is 9.47. The summed E-state index contributed by atoms with van der Waals surface area (Å²) in [4.78, 5) is 2.47. The average molecular weight is 518 g/mol. The van der Waals surface area contributed by atoms with Crippen LogP contribution in [0.15, 0.2) is 11.6 Å². The Labute approximate surface area is 229 Å². The van der Waals surface area contributed by atoms with Gasteiger partial charge < -0.3 is 16.2 Å². The molecule has 6 N–H and O–H groups in total. The quantitative estimate of drug-likeness (QED) is 0.330. The van der Waals surface area contributed by atoms with Gasteiger partial charge in [-0.1, -0.05) is 65.5 Å². The summed E-state index contributed by atoms with van der Waals surface area (Å²) in [6.07, 6.45) is 18.5. The first-order chi connectivity index (χ1) is 17.7. The molecule has 4 aliphatic rings. The van der Waals surface area contributed by atoms with Crippen molar-refractivity contribution in [3.63, 3.8) is 0 Å². The number of hydrogen-bond donors (Lipinski definition) is 2. The third-order valence-corrected chi connectivity index (χ3v) is 12.0. The third kappa shape index (κ3) is 6.34. The SMILES string of the molecule is CC(C)CCCC(C)C1CCC2C3CC=C4CC(OCCN(CC[NH3+])CC[NH3+])CCC4(C)C3CCC12C. The fourth-order valence-corrected chi connectivity index (χ4v) is 9.93. The van der Waals surface area contributed by atoms with E-state index in [-0.39, 0.29) is 0 Å². The first-order valence-corrected chi connectivity index (χ1v) is 16.3. The summed E-state index contributed by atoms with van der Waals surface area (Å²) >= 11 is 0.